The van der Waals surface area contributed by atoms with E-state index in [2.05, 4.69) is 4.98 Å². The average molecular weight is 97.1 g/mol. The van der Waals surface area contributed by atoms with Gasteiger partial charge in [0.25, 0.3) is 0 Å². The van der Waals surface area contributed by atoms with Gasteiger partial charge in [0.05, 0.1) is 12.5 Å². The molecule has 0 aliphatic heterocycles. The summed E-state index contributed by atoms with van der Waals surface area (Å²) in [5, 5.41) is 0. The second-order valence-electron chi connectivity index (χ2n) is 1.43. The van der Waals surface area contributed by atoms with Crippen molar-refractivity contribution in [2.75, 3.05) is 5.73 Å². The lowest BCUT2D eigenvalue weighted by atomic mass is 10.8. The van der Waals surface area contributed by atoms with Gasteiger partial charge in [-0.1, -0.05) is 0 Å². The van der Waals surface area contributed by atoms with Gasteiger partial charge in [-0.25, -0.2) is 4.98 Å². The highest BCUT2D eigenvalue weighted by molar-refractivity contribution is 5.23. The normalized spacial score (nSPS) is 9.29. The van der Waals surface area contributed by atoms with Crippen LogP contribution in [0.2, 0.25) is 0 Å². The monoisotopic (exact) mass is 97.1 g/mol. The molecule has 0 saturated heterocycles. The summed E-state index contributed by atoms with van der Waals surface area (Å²) in [7, 11) is 1.85. The van der Waals surface area contributed by atoms with E-state index < -0.39 is 0 Å². The Morgan fingerprint density at radius 2 is 2.57 bits per heavy atom. The lowest BCUT2D eigenvalue weighted by molar-refractivity contribution is 0.925. The van der Waals surface area contributed by atoms with Crippen molar-refractivity contribution in [2.24, 2.45) is 7.05 Å². The second kappa shape index (κ2) is 1.26. The van der Waals surface area contributed by atoms with Crippen molar-refractivity contribution < 1.29 is 0 Å². The number of nitrogens with two attached hydrogens (primary N) is 1. The molecule has 3 heteroatoms. The molecule has 1 aromatic rings. The number of anilines is 1. The van der Waals surface area contributed by atoms with Crippen molar-refractivity contribution >= 4 is 5.82 Å². The molecule has 1 heterocycles. The molecule has 0 aliphatic carbocycles. The molecule has 0 radical (unpaired) electrons. The summed E-state index contributed by atoms with van der Waals surface area (Å²) >= 11 is 0. The molecule has 0 spiro atoms. The average Bonchev–Trinajstić information content (AvgIpc) is 1.91. The molecule has 0 atom stereocenters. The van der Waals surface area contributed by atoms with Crippen LogP contribution in [0.3, 0.4) is 0 Å². The van der Waals surface area contributed by atoms with Gasteiger partial charge < -0.3 is 10.3 Å². The van der Waals surface area contributed by atoms with Gasteiger partial charge in [-0.2, -0.15) is 0 Å². The van der Waals surface area contributed by atoms with Gasteiger partial charge in [-0.3, -0.25) is 0 Å². The molecule has 0 aliphatic rings. The van der Waals surface area contributed by atoms with E-state index in [-0.39, 0.29) is 0 Å². The van der Waals surface area contributed by atoms with Crippen molar-refractivity contribution in [2.45, 2.75) is 0 Å². The standard InChI is InChI=1S/C4H7N3/c1-7-3-6-2-4(7)5/h2-3H,5H2,1H3. The summed E-state index contributed by atoms with van der Waals surface area (Å²) in [6.07, 6.45) is 3.27. The van der Waals surface area contributed by atoms with E-state index in [1.54, 1.807) is 17.1 Å². The van der Waals surface area contributed by atoms with E-state index >= 15 is 0 Å². The number of nitrogen functional groups attached to an aromatic ring is 1. The maximum absolute atomic E-state index is 5.34. The molecular formula is C4H7N3. The molecular weight excluding hydrogens is 90.1 g/mol. The fraction of sp³-hybridized carbons (Fsp3) is 0.250. The Kier molecular flexibility index (Phi) is 0.749. The third kappa shape index (κ3) is 0.559. The zero-order valence-electron chi connectivity index (χ0n) is 4.13. The summed E-state index contributed by atoms with van der Waals surface area (Å²) in [5.41, 5.74) is 5.34. The molecule has 0 fully saturated rings. The minimum Gasteiger partial charge on any atom is -0.384 e. The number of nitrogens with zero attached hydrogens (tertiary/aromatic N) is 2. The van der Waals surface area contributed by atoms with Crippen LogP contribution >= 0.6 is 0 Å². The minimum atomic E-state index is 0.694. The van der Waals surface area contributed by atoms with Gasteiger partial charge >= 0.3 is 0 Å². The fourth-order valence-electron chi connectivity index (χ4n) is 0.367. The summed E-state index contributed by atoms with van der Waals surface area (Å²) < 4.78 is 1.75. The van der Waals surface area contributed by atoms with Gasteiger partial charge in [0, 0.05) is 7.05 Å². The highest BCUT2D eigenvalue weighted by atomic mass is 15.1. The summed E-state index contributed by atoms with van der Waals surface area (Å²) in [4.78, 5) is 3.76. The lowest BCUT2D eigenvalue weighted by Gasteiger charge is -1.87. The summed E-state index contributed by atoms with van der Waals surface area (Å²) in [6, 6.07) is 0. The van der Waals surface area contributed by atoms with Crippen LogP contribution < -0.4 is 5.73 Å². The molecule has 2 N–H and O–H groups in total. The zero-order valence-corrected chi connectivity index (χ0v) is 4.13. The summed E-state index contributed by atoms with van der Waals surface area (Å²) in [5.74, 6) is 0.694. The highest BCUT2D eigenvalue weighted by Crippen LogP contribution is 1.92. The Hall–Kier alpha value is -0.990. The van der Waals surface area contributed by atoms with E-state index in [0.29, 0.717) is 5.82 Å². The minimum absolute atomic E-state index is 0.694. The predicted octanol–water partition coefficient (Wildman–Crippen LogP) is 0.00230. The maximum atomic E-state index is 5.34. The Balaban J connectivity index is 3.12. The smallest absolute Gasteiger partial charge is 0.122 e. The van der Waals surface area contributed by atoms with Crippen LogP contribution in [0.25, 0.3) is 0 Å². The van der Waals surface area contributed by atoms with E-state index in [1.165, 1.54) is 0 Å². The summed E-state index contributed by atoms with van der Waals surface area (Å²) in [6.45, 7) is 0. The fourth-order valence-corrected chi connectivity index (χ4v) is 0.367. The van der Waals surface area contributed by atoms with Crippen molar-refractivity contribution in [1.29, 1.82) is 0 Å². The largest absolute Gasteiger partial charge is 0.384 e. The number of aryl methyl sites for hydroxylation is 1. The van der Waals surface area contributed by atoms with E-state index in [4.69, 9.17) is 5.73 Å². The van der Waals surface area contributed by atoms with Crippen molar-refractivity contribution in [3.63, 3.8) is 0 Å². The Labute approximate surface area is 41.8 Å². The van der Waals surface area contributed by atoms with Crippen molar-refractivity contribution in [1.82, 2.24) is 9.55 Å². The van der Waals surface area contributed by atoms with Crippen molar-refractivity contribution in [3.05, 3.63) is 12.5 Å². The predicted molar refractivity (Wildman–Crippen MR) is 27.6 cm³/mol. The van der Waals surface area contributed by atoms with Crippen LogP contribution in [-0.2, 0) is 7.05 Å². The molecule has 3 nitrogen and oxygen atoms in total. The third-order valence-electron chi connectivity index (χ3n) is 0.854. The number of imidazole rings is 1. The number of aromatic nitrogens is 2. The lowest BCUT2D eigenvalue weighted by Crippen LogP contribution is -1.92. The van der Waals surface area contributed by atoms with Gasteiger partial charge in [-0.15, -0.1) is 0 Å². The van der Waals surface area contributed by atoms with Crippen LogP contribution in [0, 0.1) is 0 Å². The first-order valence-electron chi connectivity index (χ1n) is 2.02. The molecule has 0 saturated carbocycles. The topological polar surface area (TPSA) is 43.8 Å². The molecule has 0 amide bonds. The molecule has 0 bridgehead atoms. The Bertz CT molecular complexity index is 139. The molecule has 38 valence electrons. The van der Waals surface area contributed by atoms with Gasteiger partial charge in [-0.05, 0) is 0 Å². The number of hydrogen-bond acceptors (Lipinski definition) is 2. The highest BCUT2D eigenvalue weighted by Gasteiger charge is 1.84. The Morgan fingerprint density at radius 3 is 2.71 bits per heavy atom. The molecule has 0 aromatic carbocycles. The van der Waals surface area contributed by atoms with Crippen LogP contribution in [0.15, 0.2) is 12.5 Å². The maximum Gasteiger partial charge on any atom is 0.122 e. The third-order valence-corrected chi connectivity index (χ3v) is 0.854. The first-order valence-corrected chi connectivity index (χ1v) is 2.02. The number of rotatable bonds is 0. The quantitative estimate of drug-likeness (QED) is 0.495. The van der Waals surface area contributed by atoms with E-state index in [1.807, 2.05) is 7.05 Å². The molecule has 1 aromatic heterocycles. The molecule has 1 rings (SSSR count). The van der Waals surface area contributed by atoms with E-state index in [9.17, 15) is 0 Å². The Morgan fingerprint density at radius 1 is 1.86 bits per heavy atom. The zero-order chi connectivity index (χ0) is 5.28. The first kappa shape index (κ1) is 4.18. The first-order chi connectivity index (χ1) is 3.30. The van der Waals surface area contributed by atoms with Crippen LogP contribution in [0.4, 0.5) is 5.82 Å². The van der Waals surface area contributed by atoms with Gasteiger partial charge in [0.2, 0.25) is 0 Å². The SMILES string of the molecule is Cn1cncc1N. The van der Waals surface area contributed by atoms with Crippen LogP contribution in [0.1, 0.15) is 0 Å². The number of hydrogen-bond donors (Lipinski definition) is 1. The van der Waals surface area contributed by atoms with Crippen LogP contribution in [0.5, 0.6) is 0 Å². The van der Waals surface area contributed by atoms with Crippen LogP contribution in [-0.4, -0.2) is 9.55 Å². The van der Waals surface area contributed by atoms with Gasteiger partial charge in [0.1, 0.15) is 5.82 Å². The van der Waals surface area contributed by atoms with E-state index in [0.717, 1.165) is 0 Å². The molecule has 7 heavy (non-hydrogen) atoms. The van der Waals surface area contributed by atoms with Gasteiger partial charge in [0.15, 0.2) is 0 Å². The molecule has 0 unspecified atom stereocenters. The second-order valence-corrected chi connectivity index (χ2v) is 1.43. The van der Waals surface area contributed by atoms with Crippen molar-refractivity contribution in [3.8, 4) is 0 Å².